The number of likely N-dealkylation sites (tertiary alicyclic amines) is 1. The molecule has 2 saturated heterocycles. The number of amides is 2. The second-order valence-corrected chi connectivity index (χ2v) is 7.53. The molecule has 3 rings (SSSR count). The molecule has 6 heteroatoms. The van der Waals surface area contributed by atoms with Crippen LogP contribution in [0.1, 0.15) is 18.4 Å². The molecule has 2 aliphatic heterocycles. The van der Waals surface area contributed by atoms with Gasteiger partial charge in [0, 0.05) is 24.7 Å². The number of nitrogens with zero attached hydrogens (tertiary/aromatic N) is 1. The number of benzene rings is 1. The number of hydrogen-bond acceptors (Lipinski definition) is 4. The first-order valence-electron chi connectivity index (χ1n) is 8.63. The fourth-order valence-electron chi connectivity index (χ4n) is 3.30. The van der Waals surface area contributed by atoms with Crippen molar-refractivity contribution in [2.24, 2.45) is 5.92 Å². The van der Waals surface area contributed by atoms with Gasteiger partial charge in [0.2, 0.25) is 11.8 Å². The van der Waals surface area contributed by atoms with Crippen molar-refractivity contribution >= 4 is 23.6 Å². The van der Waals surface area contributed by atoms with Crippen molar-refractivity contribution in [2.45, 2.75) is 25.3 Å². The molecule has 24 heavy (non-hydrogen) atoms. The van der Waals surface area contributed by atoms with E-state index in [0.29, 0.717) is 5.92 Å². The summed E-state index contributed by atoms with van der Waals surface area (Å²) in [6, 6.07) is 10.4. The van der Waals surface area contributed by atoms with Crippen LogP contribution in [0.5, 0.6) is 0 Å². The summed E-state index contributed by atoms with van der Waals surface area (Å²) in [5.41, 5.74) is 1.37. The van der Waals surface area contributed by atoms with Gasteiger partial charge in [0.15, 0.2) is 0 Å². The number of nitrogens with one attached hydrogen (secondary N) is 2. The van der Waals surface area contributed by atoms with Gasteiger partial charge in [-0.1, -0.05) is 30.3 Å². The molecule has 2 heterocycles. The Balaban J connectivity index is 1.38. The van der Waals surface area contributed by atoms with Crippen LogP contribution in [0.25, 0.3) is 0 Å². The van der Waals surface area contributed by atoms with Gasteiger partial charge >= 0.3 is 0 Å². The van der Waals surface area contributed by atoms with Gasteiger partial charge in [0.05, 0.1) is 12.6 Å². The standard InChI is InChI=1S/C18H25N3O2S/c22-17(11-19-18(23)16-12-24-13-20-16)21-8-6-15(7-9-21)10-14-4-2-1-3-5-14/h1-5,15-16,20H,6-13H2,(H,19,23). The Morgan fingerprint density at radius 2 is 1.96 bits per heavy atom. The van der Waals surface area contributed by atoms with Crippen molar-refractivity contribution in [3.8, 4) is 0 Å². The lowest BCUT2D eigenvalue weighted by Gasteiger charge is -2.32. The van der Waals surface area contributed by atoms with E-state index in [4.69, 9.17) is 0 Å². The first-order valence-corrected chi connectivity index (χ1v) is 9.78. The van der Waals surface area contributed by atoms with E-state index in [1.807, 2.05) is 11.0 Å². The van der Waals surface area contributed by atoms with E-state index >= 15 is 0 Å². The van der Waals surface area contributed by atoms with Gasteiger partial charge in [-0.2, -0.15) is 0 Å². The average molecular weight is 347 g/mol. The Hall–Kier alpha value is -1.53. The van der Waals surface area contributed by atoms with E-state index in [-0.39, 0.29) is 24.4 Å². The monoisotopic (exact) mass is 347 g/mol. The molecule has 0 spiro atoms. The lowest BCUT2D eigenvalue weighted by atomic mass is 9.90. The molecule has 0 aliphatic carbocycles. The average Bonchev–Trinajstić information content (AvgIpc) is 3.16. The van der Waals surface area contributed by atoms with Crippen LogP contribution in [0.3, 0.4) is 0 Å². The molecular formula is C18H25N3O2S. The fourth-order valence-corrected chi connectivity index (χ4v) is 4.24. The minimum atomic E-state index is -0.153. The van der Waals surface area contributed by atoms with E-state index in [9.17, 15) is 9.59 Å². The Bertz CT molecular complexity index is 553. The molecule has 0 aromatic heterocycles. The molecule has 1 unspecified atom stereocenters. The predicted molar refractivity (Wildman–Crippen MR) is 96.7 cm³/mol. The van der Waals surface area contributed by atoms with Gasteiger partial charge in [-0.15, -0.1) is 11.8 Å². The summed E-state index contributed by atoms with van der Waals surface area (Å²) in [5.74, 6) is 2.21. The Morgan fingerprint density at radius 3 is 2.62 bits per heavy atom. The maximum atomic E-state index is 12.3. The molecule has 0 saturated carbocycles. The molecule has 0 radical (unpaired) electrons. The predicted octanol–water partition coefficient (Wildman–Crippen LogP) is 1.25. The van der Waals surface area contributed by atoms with Crippen LogP contribution in [0, 0.1) is 5.92 Å². The van der Waals surface area contributed by atoms with Crippen LogP contribution >= 0.6 is 11.8 Å². The first-order chi connectivity index (χ1) is 11.7. The van der Waals surface area contributed by atoms with Crippen LogP contribution in [-0.2, 0) is 16.0 Å². The zero-order valence-electron chi connectivity index (χ0n) is 13.9. The second-order valence-electron chi connectivity index (χ2n) is 6.50. The quantitative estimate of drug-likeness (QED) is 0.841. The summed E-state index contributed by atoms with van der Waals surface area (Å²) >= 11 is 1.71. The third-order valence-corrected chi connectivity index (χ3v) is 5.72. The number of rotatable bonds is 5. The van der Waals surface area contributed by atoms with Crippen molar-refractivity contribution in [1.82, 2.24) is 15.5 Å². The Morgan fingerprint density at radius 1 is 1.21 bits per heavy atom. The summed E-state index contributed by atoms with van der Waals surface area (Å²) in [7, 11) is 0. The highest BCUT2D eigenvalue weighted by atomic mass is 32.2. The van der Waals surface area contributed by atoms with Gasteiger partial charge < -0.3 is 10.2 Å². The van der Waals surface area contributed by atoms with Gasteiger partial charge in [0.1, 0.15) is 0 Å². The number of thioether (sulfide) groups is 1. The number of hydrogen-bond donors (Lipinski definition) is 2. The molecule has 130 valence electrons. The lowest BCUT2D eigenvalue weighted by molar-refractivity contribution is -0.134. The molecule has 2 amide bonds. The SMILES string of the molecule is O=C(NCC(=O)N1CCC(Cc2ccccc2)CC1)C1CSCN1. The van der Waals surface area contributed by atoms with E-state index in [0.717, 1.165) is 44.0 Å². The van der Waals surface area contributed by atoms with Gasteiger partial charge in [-0.25, -0.2) is 0 Å². The van der Waals surface area contributed by atoms with Gasteiger partial charge in [-0.05, 0) is 30.7 Å². The molecule has 1 atom stereocenters. The summed E-state index contributed by atoms with van der Waals surface area (Å²) in [5, 5.41) is 5.88. The van der Waals surface area contributed by atoms with E-state index in [1.54, 1.807) is 11.8 Å². The molecule has 0 bridgehead atoms. The first kappa shape index (κ1) is 17.3. The van der Waals surface area contributed by atoms with E-state index < -0.39 is 0 Å². The Kier molecular flexibility index (Phi) is 6.15. The molecular weight excluding hydrogens is 322 g/mol. The molecule has 2 N–H and O–H groups in total. The third-order valence-electron chi connectivity index (χ3n) is 4.78. The normalized spacial score (nSPS) is 21.7. The molecule has 2 fully saturated rings. The number of carbonyl (C=O) groups is 2. The number of piperidine rings is 1. The summed E-state index contributed by atoms with van der Waals surface area (Å²) < 4.78 is 0. The fraction of sp³-hybridized carbons (Fsp3) is 0.556. The van der Waals surface area contributed by atoms with Crippen LogP contribution in [0.15, 0.2) is 30.3 Å². The zero-order valence-corrected chi connectivity index (χ0v) is 14.7. The highest BCUT2D eigenvalue weighted by Gasteiger charge is 2.25. The van der Waals surface area contributed by atoms with Gasteiger partial charge in [-0.3, -0.25) is 14.9 Å². The smallest absolute Gasteiger partial charge is 0.241 e. The minimum absolute atomic E-state index is 0.0344. The van der Waals surface area contributed by atoms with Crippen molar-refractivity contribution in [2.75, 3.05) is 31.3 Å². The topological polar surface area (TPSA) is 61.4 Å². The van der Waals surface area contributed by atoms with Crippen molar-refractivity contribution < 1.29 is 9.59 Å². The zero-order chi connectivity index (χ0) is 16.8. The maximum absolute atomic E-state index is 12.3. The molecule has 1 aromatic carbocycles. The minimum Gasteiger partial charge on any atom is -0.346 e. The van der Waals surface area contributed by atoms with Crippen LogP contribution in [0.4, 0.5) is 0 Å². The molecule has 2 aliphatic rings. The number of carbonyl (C=O) groups excluding carboxylic acids is 2. The highest BCUT2D eigenvalue weighted by molar-refractivity contribution is 7.99. The largest absolute Gasteiger partial charge is 0.346 e. The van der Waals surface area contributed by atoms with E-state index in [2.05, 4.69) is 34.9 Å². The molecule has 1 aromatic rings. The summed E-state index contributed by atoms with van der Waals surface area (Å²) in [4.78, 5) is 26.1. The van der Waals surface area contributed by atoms with Crippen molar-refractivity contribution in [3.63, 3.8) is 0 Å². The lowest BCUT2D eigenvalue weighted by Crippen LogP contribution is -2.48. The molecule has 5 nitrogen and oxygen atoms in total. The second kappa shape index (κ2) is 8.53. The van der Waals surface area contributed by atoms with Crippen molar-refractivity contribution in [3.05, 3.63) is 35.9 Å². The summed E-state index contributed by atoms with van der Waals surface area (Å²) in [6.45, 7) is 1.71. The van der Waals surface area contributed by atoms with Gasteiger partial charge in [0.25, 0.3) is 0 Å². The Labute approximate surface area is 147 Å². The summed E-state index contributed by atoms with van der Waals surface area (Å²) in [6.07, 6.45) is 3.16. The maximum Gasteiger partial charge on any atom is 0.241 e. The van der Waals surface area contributed by atoms with Crippen molar-refractivity contribution in [1.29, 1.82) is 0 Å². The van der Waals surface area contributed by atoms with E-state index in [1.165, 1.54) is 5.56 Å². The van der Waals surface area contributed by atoms with Crippen LogP contribution in [0.2, 0.25) is 0 Å². The van der Waals surface area contributed by atoms with Crippen LogP contribution in [-0.4, -0.2) is 54.0 Å². The third kappa shape index (κ3) is 4.74. The van der Waals surface area contributed by atoms with Crippen LogP contribution < -0.4 is 10.6 Å². The highest BCUT2D eigenvalue weighted by Crippen LogP contribution is 2.21.